The lowest BCUT2D eigenvalue weighted by Crippen LogP contribution is -2.38. The number of hydrogen-bond acceptors (Lipinski definition) is 6. The smallest absolute Gasteiger partial charge is 0.242 e. The van der Waals surface area contributed by atoms with Crippen LogP contribution in [0.2, 0.25) is 0 Å². The third-order valence-corrected chi connectivity index (χ3v) is 5.73. The van der Waals surface area contributed by atoms with E-state index >= 15 is 0 Å². The quantitative estimate of drug-likeness (QED) is 0.463. The molecule has 2 fully saturated rings. The highest BCUT2D eigenvalue weighted by Gasteiger charge is 2.42. The van der Waals surface area contributed by atoms with Crippen molar-refractivity contribution in [3.05, 3.63) is 0 Å². The minimum absolute atomic E-state index is 0.0293. The maximum atomic E-state index is 12.5. The van der Waals surface area contributed by atoms with Crippen LogP contribution in [0.3, 0.4) is 0 Å². The van der Waals surface area contributed by atoms with Crippen LogP contribution in [0.5, 0.6) is 0 Å². The van der Waals surface area contributed by atoms with Crippen LogP contribution in [0.15, 0.2) is 0 Å². The van der Waals surface area contributed by atoms with Crippen molar-refractivity contribution in [3.8, 4) is 0 Å². The molecule has 2 atom stereocenters. The highest BCUT2D eigenvalue weighted by molar-refractivity contribution is 8.01. The standard InChI is InChI=1S/C17H25N3O5S/c1-3-4-8-18-13(21)7-9-19-16(24)10-12(17(19)25)26-11(2)20-14(22)5-6-15(20)23/h11-12H,3-10H2,1-2H3,(H,18,21). The van der Waals surface area contributed by atoms with E-state index in [1.165, 1.54) is 4.90 Å². The lowest BCUT2D eigenvalue weighted by molar-refractivity contribution is -0.140. The van der Waals surface area contributed by atoms with E-state index in [-0.39, 0.29) is 61.8 Å². The first-order chi connectivity index (χ1) is 12.3. The number of thioether (sulfide) groups is 1. The van der Waals surface area contributed by atoms with Crippen LogP contribution in [0.4, 0.5) is 0 Å². The number of likely N-dealkylation sites (tertiary alicyclic amines) is 2. The molecule has 2 rings (SSSR count). The molecule has 9 heteroatoms. The molecule has 0 aromatic heterocycles. The first-order valence-corrected chi connectivity index (χ1v) is 9.90. The van der Waals surface area contributed by atoms with Gasteiger partial charge < -0.3 is 5.32 Å². The second kappa shape index (κ2) is 9.16. The lowest BCUT2D eigenvalue weighted by atomic mass is 10.3. The summed E-state index contributed by atoms with van der Waals surface area (Å²) in [6.07, 6.45) is 2.36. The number of unbranched alkanes of at least 4 members (excludes halogenated alkanes) is 1. The number of hydrogen-bond donors (Lipinski definition) is 1. The van der Waals surface area contributed by atoms with E-state index in [2.05, 4.69) is 5.32 Å². The molecule has 1 N–H and O–H groups in total. The van der Waals surface area contributed by atoms with Crippen molar-refractivity contribution in [2.24, 2.45) is 0 Å². The average molecular weight is 383 g/mol. The predicted octanol–water partition coefficient (Wildman–Crippen LogP) is 0.649. The number of rotatable bonds is 9. The van der Waals surface area contributed by atoms with Gasteiger partial charge in [-0.1, -0.05) is 13.3 Å². The Morgan fingerprint density at radius 2 is 1.85 bits per heavy atom. The van der Waals surface area contributed by atoms with Gasteiger partial charge in [0.1, 0.15) is 0 Å². The minimum Gasteiger partial charge on any atom is -0.356 e. The Kier molecular flexibility index (Phi) is 7.19. The van der Waals surface area contributed by atoms with Gasteiger partial charge in [0.15, 0.2) is 0 Å². The number of nitrogens with one attached hydrogen (secondary N) is 1. The molecule has 0 aromatic rings. The summed E-state index contributed by atoms with van der Waals surface area (Å²) in [7, 11) is 0. The number of amides is 5. The third-order valence-electron chi connectivity index (χ3n) is 4.43. The highest BCUT2D eigenvalue weighted by atomic mass is 32.2. The number of imide groups is 2. The normalized spacial score (nSPS) is 21.7. The van der Waals surface area contributed by atoms with Crippen molar-refractivity contribution in [1.29, 1.82) is 0 Å². The average Bonchev–Trinajstić information content (AvgIpc) is 3.05. The zero-order valence-electron chi connectivity index (χ0n) is 15.2. The zero-order chi connectivity index (χ0) is 19.3. The van der Waals surface area contributed by atoms with E-state index in [4.69, 9.17) is 0 Å². The minimum atomic E-state index is -0.623. The fourth-order valence-corrected chi connectivity index (χ4v) is 4.31. The van der Waals surface area contributed by atoms with E-state index < -0.39 is 10.6 Å². The second-order valence-corrected chi connectivity index (χ2v) is 7.95. The summed E-state index contributed by atoms with van der Waals surface area (Å²) in [5, 5.41) is 1.64. The summed E-state index contributed by atoms with van der Waals surface area (Å²) in [6.45, 7) is 4.36. The molecule has 26 heavy (non-hydrogen) atoms. The summed E-state index contributed by atoms with van der Waals surface area (Å²) < 4.78 is 0. The van der Waals surface area contributed by atoms with Gasteiger partial charge in [0.25, 0.3) is 0 Å². The molecule has 2 aliphatic rings. The first kappa shape index (κ1) is 20.4. The van der Waals surface area contributed by atoms with Crippen molar-refractivity contribution in [2.75, 3.05) is 13.1 Å². The van der Waals surface area contributed by atoms with Crippen LogP contribution in [0.1, 0.15) is 52.4 Å². The third kappa shape index (κ3) is 4.84. The fraction of sp³-hybridized carbons (Fsp3) is 0.706. The molecule has 2 unspecified atom stereocenters. The highest BCUT2D eigenvalue weighted by Crippen LogP contribution is 2.32. The van der Waals surface area contributed by atoms with Gasteiger partial charge in [-0.05, 0) is 13.3 Å². The molecule has 2 aliphatic heterocycles. The van der Waals surface area contributed by atoms with Crippen LogP contribution < -0.4 is 5.32 Å². The van der Waals surface area contributed by atoms with Gasteiger partial charge in [-0.25, -0.2) is 0 Å². The Labute approximate surface area is 157 Å². The molecule has 5 amide bonds. The van der Waals surface area contributed by atoms with E-state index in [0.29, 0.717) is 6.54 Å². The molecule has 2 saturated heterocycles. The molecule has 8 nitrogen and oxygen atoms in total. The van der Waals surface area contributed by atoms with E-state index in [0.717, 1.165) is 29.5 Å². The van der Waals surface area contributed by atoms with Crippen molar-refractivity contribution in [2.45, 2.75) is 63.0 Å². The van der Waals surface area contributed by atoms with Crippen LogP contribution >= 0.6 is 11.8 Å². The summed E-state index contributed by atoms with van der Waals surface area (Å²) in [6, 6.07) is 0. The van der Waals surface area contributed by atoms with Gasteiger partial charge in [-0.3, -0.25) is 33.8 Å². The van der Waals surface area contributed by atoms with Crippen molar-refractivity contribution in [3.63, 3.8) is 0 Å². The monoisotopic (exact) mass is 383 g/mol. The molecule has 0 spiro atoms. The molecule has 144 valence electrons. The van der Waals surface area contributed by atoms with Gasteiger partial charge in [0.2, 0.25) is 29.5 Å². The number of carbonyl (C=O) groups is 5. The largest absolute Gasteiger partial charge is 0.356 e. The van der Waals surface area contributed by atoms with Crippen molar-refractivity contribution < 1.29 is 24.0 Å². The topological polar surface area (TPSA) is 104 Å². The Bertz CT molecular complexity index is 593. The number of nitrogens with zero attached hydrogens (tertiary/aromatic N) is 2. The molecular weight excluding hydrogens is 358 g/mol. The van der Waals surface area contributed by atoms with Crippen LogP contribution in [-0.4, -0.2) is 63.0 Å². The Hall–Kier alpha value is -1.90. The molecule has 0 saturated carbocycles. The maximum Gasteiger partial charge on any atom is 0.242 e. The fourth-order valence-electron chi connectivity index (χ4n) is 3.00. The van der Waals surface area contributed by atoms with Crippen LogP contribution in [0, 0.1) is 0 Å². The molecular formula is C17H25N3O5S. The zero-order valence-corrected chi connectivity index (χ0v) is 16.0. The molecule has 2 heterocycles. The van der Waals surface area contributed by atoms with Crippen LogP contribution in [-0.2, 0) is 24.0 Å². The summed E-state index contributed by atoms with van der Waals surface area (Å²) >= 11 is 1.15. The molecule has 0 aromatic carbocycles. The van der Waals surface area contributed by atoms with Crippen molar-refractivity contribution in [1.82, 2.24) is 15.1 Å². The molecule has 0 radical (unpaired) electrons. The second-order valence-electron chi connectivity index (χ2n) is 6.42. The van der Waals surface area contributed by atoms with Gasteiger partial charge in [-0.2, -0.15) is 0 Å². The Morgan fingerprint density at radius 3 is 2.46 bits per heavy atom. The first-order valence-electron chi connectivity index (χ1n) is 8.96. The van der Waals surface area contributed by atoms with Gasteiger partial charge in [0.05, 0.1) is 10.6 Å². The van der Waals surface area contributed by atoms with E-state index in [1.807, 2.05) is 6.92 Å². The van der Waals surface area contributed by atoms with Gasteiger partial charge >= 0.3 is 0 Å². The van der Waals surface area contributed by atoms with Gasteiger partial charge in [0, 0.05) is 38.8 Å². The Balaban J connectivity index is 1.85. The SMILES string of the molecule is CCCCNC(=O)CCN1C(=O)CC(SC(C)N2C(=O)CCC2=O)C1=O. The maximum absolute atomic E-state index is 12.5. The summed E-state index contributed by atoms with van der Waals surface area (Å²) in [5.41, 5.74) is 0. The summed E-state index contributed by atoms with van der Waals surface area (Å²) in [5.74, 6) is -1.34. The Morgan fingerprint density at radius 1 is 1.19 bits per heavy atom. The van der Waals surface area contributed by atoms with E-state index in [1.54, 1.807) is 6.92 Å². The van der Waals surface area contributed by atoms with E-state index in [9.17, 15) is 24.0 Å². The lowest BCUT2D eigenvalue weighted by Gasteiger charge is -2.24. The van der Waals surface area contributed by atoms with Crippen LogP contribution in [0.25, 0.3) is 0 Å². The molecule has 0 bridgehead atoms. The molecule has 0 aliphatic carbocycles. The predicted molar refractivity (Wildman–Crippen MR) is 95.8 cm³/mol. The van der Waals surface area contributed by atoms with Crippen molar-refractivity contribution >= 4 is 41.3 Å². The summed E-state index contributed by atoms with van der Waals surface area (Å²) in [4.78, 5) is 62.2. The number of carbonyl (C=O) groups excluding carboxylic acids is 5. The van der Waals surface area contributed by atoms with Gasteiger partial charge in [-0.15, -0.1) is 11.8 Å².